The van der Waals surface area contributed by atoms with Gasteiger partial charge in [0.15, 0.2) is 5.13 Å². The molecule has 0 saturated carbocycles. The van der Waals surface area contributed by atoms with Gasteiger partial charge in [-0.3, -0.25) is 4.79 Å². The maximum absolute atomic E-state index is 13.2. The van der Waals surface area contributed by atoms with E-state index in [4.69, 9.17) is 16.6 Å². The highest BCUT2D eigenvalue weighted by atomic mass is 35.5. The van der Waals surface area contributed by atoms with Crippen LogP contribution in [0, 0.1) is 0 Å². The first-order chi connectivity index (χ1) is 16.1. The monoisotopic (exact) mass is 498 g/mol. The van der Waals surface area contributed by atoms with Gasteiger partial charge in [0.05, 0.1) is 11.4 Å². The van der Waals surface area contributed by atoms with E-state index in [-0.39, 0.29) is 5.91 Å². The number of fused-ring (bicyclic) bond motifs is 2. The number of carbonyl (C=O) groups excluding carboxylic acids is 1. The first-order valence-corrected chi connectivity index (χ1v) is 13.1. The first kappa shape index (κ1) is 21.4. The molecule has 6 rings (SSSR count). The second-order valence-electron chi connectivity index (χ2n) is 8.37. The Morgan fingerprint density at radius 1 is 1.03 bits per heavy atom. The zero-order chi connectivity index (χ0) is 22.4. The summed E-state index contributed by atoms with van der Waals surface area (Å²) in [7, 11) is 0. The molecule has 5 heterocycles. The summed E-state index contributed by atoms with van der Waals surface area (Å²) in [5, 5.41) is 7.75. The van der Waals surface area contributed by atoms with Crippen LogP contribution in [0.15, 0.2) is 40.7 Å². The van der Waals surface area contributed by atoms with E-state index < -0.39 is 0 Å². The van der Waals surface area contributed by atoms with Crippen LogP contribution in [0.5, 0.6) is 0 Å². The molecule has 10 heteroatoms. The van der Waals surface area contributed by atoms with Gasteiger partial charge in [0.2, 0.25) is 0 Å². The van der Waals surface area contributed by atoms with Gasteiger partial charge in [-0.25, -0.2) is 14.3 Å². The Labute approximate surface area is 205 Å². The van der Waals surface area contributed by atoms with Crippen LogP contribution in [0.3, 0.4) is 0 Å². The van der Waals surface area contributed by atoms with Gasteiger partial charge in [0.1, 0.15) is 10.2 Å². The molecule has 0 unspecified atom stereocenters. The number of carbonyl (C=O) groups is 1. The fraction of sp³-hybridized carbons (Fsp3) is 0.348. The van der Waals surface area contributed by atoms with Gasteiger partial charge >= 0.3 is 0 Å². The quantitative estimate of drug-likeness (QED) is 0.548. The van der Waals surface area contributed by atoms with Gasteiger partial charge in [0, 0.05) is 63.2 Å². The molecular weight excluding hydrogens is 476 g/mol. The fourth-order valence-corrected chi connectivity index (χ4v) is 6.47. The van der Waals surface area contributed by atoms with Crippen LogP contribution in [0.1, 0.15) is 27.2 Å². The summed E-state index contributed by atoms with van der Waals surface area (Å²) in [6, 6.07) is 10.1. The molecule has 0 spiro atoms. The number of hydrogen-bond acceptors (Lipinski definition) is 8. The normalized spacial score (nSPS) is 18.0. The third kappa shape index (κ3) is 4.24. The minimum atomic E-state index is 0.0593. The summed E-state index contributed by atoms with van der Waals surface area (Å²) in [4.78, 5) is 26.6. The molecule has 3 aromatic rings. The molecule has 1 N–H and O–H groups in total. The smallest absolute Gasteiger partial charge is 0.258 e. The number of hydrogen-bond donors (Lipinski definition) is 1. The minimum absolute atomic E-state index is 0.0593. The molecule has 1 aromatic carbocycles. The number of anilines is 2. The van der Waals surface area contributed by atoms with Crippen molar-refractivity contribution in [3.8, 4) is 0 Å². The van der Waals surface area contributed by atoms with Crippen LogP contribution in [0.2, 0.25) is 5.15 Å². The standard InChI is InChI=1S/C23H23ClN6OS2/c24-20-14-32-23(27-20)28-7-9-29(10-8-28)33-21-4-3-19-18(26-21)5-6-30(19)22(31)15-1-2-16-12-25-13-17(16)11-15/h1-4,11,14,25H,5-10,12-13H2. The molecule has 3 aliphatic heterocycles. The number of piperazine rings is 1. The van der Waals surface area contributed by atoms with Crippen LogP contribution < -0.4 is 15.1 Å². The number of pyridine rings is 1. The van der Waals surface area contributed by atoms with Gasteiger partial charge in [-0.05, 0) is 47.3 Å². The SMILES string of the molecule is O=C(c1ccc2c(c1)CNC2)N1CCc2nc(SN3CCN(c4nc(Cl)cs4)CC3)ccc21. The molecule has 0 bridgehead atoms. The molecular formula is C23H23ClN6OS2. The summed E-state index contributed by atoms with van der Waals surface area (Å²) >= 11 is 9.26. The highest BCUT2D eigenvalue weighted by Gasteiger charge is 2.28. The Morgan fingerprint density at radius 2 is 1.88 bits per heavy atom. The third-order valence-corrected chi connectivity index (χ3v) is 8.57. The van der Waals surface area contributed by atoms with Crippen molar-refractivity contribution in [1.29, 1.82) is 0 Å². The van der Waals surface area contributed by atoms with Crippen LogP contribution >= 0.6 is 34.9 Å². The van der Waals surface area contributed by atoms with E-state index in [1.54, 1.807) is 23.3 Å². The van der Waals surface area contributed by atoms with Crippen molar-refractivity contribution < 1.29 is 4.79 Å². The fourth-order valence-electron chi connectivity index (χ4n) is 4.58. The van der Waals surface area contributed by atoms with Crippen molar-refractivity contribution in [3.63, 3.8) is 0 Å². The van der Waals surface area contributed by atoms with Crippen molar-refractivity contribution in [2.45, 2.75) is 24.5 Å². The number of nitrogens with one attached hydrogen (secondary N) is 1. The molecule has 1 fully saturated rings. The van der Waals surface area contributed by atoms with Crippen molar-refractivity contribution in [2.24, 2.45) is 0 Å². The lowest BCUT2D eigenvalue weighted by Gasteiger charge is -2.33. The van der Waals surface area contributed by atoms with E-state index in [2.05, 4.69) is 31.6 Å². The molecule has 0 atom stereocenters. The third-order valence-electron chi connectivity index (χ3n) is 6.31. The van der Waals surface area contributed by atoms with Gasteiger partial charge in [-0.15, -0.1) is 11.3 Å². The summed E-state index contributed by atoms with van der Waals surface area (Å²) in [5.74, 6) is 0.0593. The number of aromatic nitrogens is 2. The molecule has 0 radical (unpaired) electrons. The van der Waals surface area contributed by atoms with Crippen LogP contribution in [-0.4, -0.2) is 52.9 Å². The van der Waals surface area contributed by atoms with Crippen LogP contribution in [0.25, 0.3) is 0 Å². The number of halogens is 1. The summed E-state index contributed by atoms with van der Waals surface area (Å²) in [5.41, 5.74) is 5.21. The lowest BCUT2D eigenvalue weighted by Crippen LogP contribution is -2.43. The number of amides is 1. The van der Waals surface area contributed by atoms with Crippen molar-refractivity contribution >= 4 is 51.6 Å². The first-order valence-electron chi connectivity index (χ1n) is 11.1. The zero-order valence-electron chi connectivity index (χ0n) is 18.0. The predicted molar refractivity (Wildman–Crippen MR) is 133 cm³/mol. The van der Waals surface area contributed by atoms with E-state index in [9.17, 15) is 4.79 Å². The van der Waals surface area contributed by atoms with E-state index in [1.807, 2.05) is 28.5 Å². The van der Waals surface area contributed by atoms with Crippen molar-refractivity contribution in [1.82, 2.24) is 19.6 Å². The van der Waals surface area contributed by atoms with Crippen molar-refractivity contribution in [3.05, 3.63) is 63.2 Å². The molecule has 2 aromatic heterocycles. The highest BCUT2D eigenvalue weighted by Crippen LogP contribution is 2.33. The number of benzene rings is 1. The second-order valence-corrected chi connectivity index (χ2v) is 10.7. The maximum atomic E-state index is 13.2. The highest BCUT2D eigenvalue weighted by molar-refractivity contribution is 7.97. The lowest BCUT2D eigenvalue weighted by molar-refractivity contribution is 0.0989. The number of rotatable bonds is 4. The lowest BCUT2D eigenvalue weighted by atomic mass is 10.1. The second kappa shape index (κ2) is 8.88. The molecule has 1 saturated heterocycles. The Balaban J connectivity index is 1.11. The number of nitrogens with zero attached hydrogens (tertiary/aromatic N) is 5. The summed E-state index contributed by atoms with van der Waals surface area (Å²) < 4.78 is 2.34. The molecule has 0 aliphatic carbocycles. The Bertz CT molecular complexity index is 1210. The van der Waals surface area contributed by atoms with Crippen molar-refractivity contribution in [2.75, 3.05) is 42.5 Å². The Kier molecular flexibility index (Phi) is 5.75. The Morgan fingerprint density at radius 3 is 2.70 bits per heavy atom. The molecule has 33 heavy (non-hydrogen) atoms. The van der Waals surface area contributed by atoms with E-state index in [1.165, 1.54) is 11.1 Å². The number of thiazole rings is 1. The Hall–Kier alpha value is -2.17. The van der Waals surface area contributed by atoms with Gasteiger partial charge in [0.25, 0.3) is 5.91 Å². The largest absolute Gasteiger partial charge is 0.345 e. The van der Waals surface area contributed by atoms with E-state index in [0.717, 1.165) is 72.8 Å². The summed E-state index contributed by atoms with van der Waals surface area (Å²) in [6.45, 7) is 6.09. The van der Waals surface area contributed by atoms with Crippen LogP contribution in [-0.2, 0) is 19.5 Å². The predicted octanol–water partition coefficient (Wildman–Crippen LogP) is 3.83. The molecule has 1 amide bonds. The molecule has 170 valence electrons. The van der Waals surface area contributed by atoms with Gasteiger partial charge < -0.3 is 15.1 Å². The maximum Gasteiger partial charge on any atom is 0.258 e. The summed E-state index contributed by atoms with van der Waals surface area (Å²) in [6.07, 6.45) is 0.792. The van der Waals surface area contributed by atoms with Gasteiger partial charge in [-0.1, -0.05) is 17.7 Å². The van der Waals surface area contributed by atoms with Gasteiger partial charge in [-0.2, -0.15) is 0 Å². The minimum Gasteiger partial charge on any atom is -0.345 e. The molecule has 7 nitrogen and oxygen atoms in total. The molecule has 3 aliphatic rings. The topological polar surface area (TPSA) is 64.6 Å². The van der Waals surface area contributed by atoms with Crippen LogP contribution in [0.4, 0.5) is 10.8 Å². The van der Waals surface area contributed by atoms with E-state index in [0.29, 0.717) is 11.7 Å². The van der Waals surface area contributed by atoms with E-state index >= 15 is 0 Å². The average molecular weight is 499 g/mol. The zero-order valence-corrected chi connectivity index (χ0v) is 20.3. The average Bonchev–Trinajstić information content (AvgIpc) is 3.58.